The van der Waals surface area contributed by atoms with Crippen molar-refractivity contribution in [3.05, 3.63) is 10.8 Å². The molecule has 3 amide bonds. The van der Waals surface area contributed by atoms with Crippen molar-refractivity contribution in [2.24, 2.45) is 5.10 Å². The Hall–Kier alpha value is -2.62. The third kappa shape index (κ3) is 5.40. The molecule has 0 radical (unpaired) electrons. The molecule has 7 N–H and O–H groups in total. The fourth-order valence-electron chi connectivity index (χ4n) is 1.23. The quantitative estimate of drug-likeness (QED) is 0.299. The fraction of sp³-hybridized carbons (Fsp3) is 0.364. The summed E-state index contributed by atoms with van der Waals surface area (Å²) in [5.74, 6) is -0.954. The van der Waals surface area contributed by atoms with Crippen molar-refractivity contribution >= 4 is 41.5 Å². The van der Waals surface area contributed by atoms with E-state index in [2.05, 4.69) is 31.1 Å². The lowest BCUT2D eigenvalue weighted by atomic mass is 10.1. The average molecular weight is 329 g/mol. The monoisotopic (exact) mass is 328 g/mol. The predicted octanol–water partition coefficient (Wildman–Crippen LogP) is 0.0652. The number of aromatic nitrogens is 2. The molecule has 1 heterocycles. The number of nitrogen functional groups attached to an aromatic ring is 2. The number of hydrazone groups is 1. The molecule has 10 nitrogen and oxygen atoms in total. The van der Waals surface area contributed by atoms with Crippen LogP contribution in [0.5, 0.6) is 0 Å². The molecular formula is C11H17ClN8O2. The minimum Gasteiger partial charge on any atom is -0.382 e. The molecule has 1 aromatic heterocycles. The van der Waals surface area contributed by atoms with Gasteiger partial charge in [-0.15, -0.1) is 0 Å². The van der Waals surface area contributed by atoms with Gasteiger partial charge in [0.2, 0.25) is 0 Å². The number of hydrogen-bond acceptors (Lipinski definition) is 7. The van der Waals surface area contributed by atoms with Gasteiger partial charge in [-0.05, 0) is 20.8 Å². The maximum Gasteiger partial charge on any atom is 0.335 e. The highest BCUT2D eigenvalue weighted by molar-refractivity contribution is 6.31. The number of carbonyl (C=O) groups is 2. The molecule has 11 heteroatoms. The van der Waals surface area contributed by atoms with Crippen LogP contribution in [0.1, 0.15) is 31.3 Å². The first-order valence-corrected chi connectivity index (χ1v) is 6.47. The van der Waals surface area contributed by atoms with Gasteiger partial charge in [0.15, 0.2) is 22.5 Å². The number of halogens is 1. The zero-order valence-corrected chi connectivity index (χ0v) is 13.0. The number of anilines is 2. The van der Waals surface area contributed by atoms with Crippen molar-refractivity contribution in [1.82, 2.24) is 26.0 Å². The largest absolute Gasteiger partial charge is 0.382 e. The number of amides is 3. The van der Waals surface area contributed by atoms with Gasteiger partial charge in [0.1, 0.15) is 6.34 Å². The van der Waals surface area contributed by atoms with E-state index in [-0.39, 0.29) is 22.5 Å². The number of hydrogen-bond donors (Lipinski definition) is 5. The first kappa shape index (κ1) is 17.4. The maximum absolute atomic E-state index is 11.8. The smallest absolute Gasteiger partial charge is 0.335 e. The molecule has 0 atom stereocenters. The Kier molecular flexibility index (Phi) is 5.46. The Morgan fingerprint density at radius 2 is 1.86 bits per heavy atom. The first-order valence-electron chi connectivity index (χ1n) is 6.09. The van der Waals surface area contributed by atoms with Gasteiger partial charge < -0.3 is 22.1 Å². The lowest BCUT2D eigenvalue weighted by molar-refractivity contribution is 0.0974. The zero-order valence-electron chi connectivity index (χ0n) is 12.3. The standard InChI is InChI=1S/C11H17ClN8O2/c1-11(2,3)19-10(22)20-16-4-15-9(21)5-7(13)18-8(14)6(12)17-5/h4H,1-3H3,(H4,13,14,18)(H,15,16,21)(H2,19,20,22). The first-order chi connectivity index (χ1) is 10.1. The van der Waals surface area contributed by atoms with Crippen molar-refractivity contribution in [3.63, 3.8) is 0 Å². The number of carbonyl (C=O) groups excluding carboxylic acids is 2. The normalized spacial score (nSPS) is 11.3. The Labute approximate surface area is 131 Å². The van der Waals surface area contributed by atoms with Gasteiger partial charge >= 0.3 is 6.03 Å². The molecule has 1 aromatic rings. The molecule has 0 aliphatic rings. The van der Waals surface area contributed by atoms with Crippen LogP contribution in [-0.2, 0) is 0 Å². The van der Waals surface area contributed by atoms with Gasteiger partial charge in [-0.25, -0.2) is 20.2 Å². The minimum atomic E-state index is -0.700. The molecule has 0 spiro atoms. The van der Waals surface area contributed by atoms with E-state index in [9.17, 15) is 9.59 Å². The van der Waals surface area contributed by atoms with Gasteiger partial charge in [0.25, 0.3) is 5.91 Å². The summed E-state index contributed by atoms with van der Waals surface area (Å²) in [6.07, 6.45) is 0.968. The lowest BCUT2D eigenvalue weighted by Gasteiger charge is -2.19. The highest BCUT2D eigenvalue weighted by Crippen LogP contribution is 2.16. The number of nitrogens with two attached hydrogens (primary N) is 2. The SMILES string of the molecule is CC(C)(C)NC(=O)NN=CNC(=O)c1nc(Cl)c(N)nc1N. The molecule has 1 rings (SSSR count). The van der Waals surface area contributed by atoms with E-state index in [0.717, 1.165) is 6.34 Å². The third-order valence-corrected chi connectivity index (χ3v) is 2.31. The predicted molar refractivity (Wildman–Crippen MR) is 83.2 cm³/mol. The molecule has 0 saturated carbocycles. The lowest BCUT2D eigenvalue weighted by Crippen LogP contribution is -2.45. The average Bonchev–Trinajstić information content (AvgIpc) is 2.36. The van der Waals surface area contributed by atoms with Crippen LogP contribution in [0.4, 0.5) is 16.4 Å². The van der Waals surface area contributed by atoms with Gasteiger partial charge in [-0.1, -0.05) is 11.6 Å². The van der Waals surface area contributed by atoms with Gasteiger partial charge in [-0.2, -0.15) is 5.10 Å². The topological polar surface area (TPSA) is 160 Å². The second-order valence-corrected chi connectivity index (χ2v) is 5.54. The summed E-state index contributed by atoms with van der Waals surface area (Å²) in [6, 6.07) is -0.521. The third-order valence-electron chi connectivity index (χ3n) is 2.03. The molecule has 120 valence electrons. The summed E-state index contributed by atoms with van der Waals surface area (Å²) >= 11 is 5.66. The van der Waals surface area contributed by atoms with Crippen LogP contribution < -0.4 is 27.5 Å². The summed E-state index contributed by atoms with van der Waals surface area (Å²) in [4.78, 5) is 30.6. The molecule has 22 heavy (non-hydrogen) atoms. The summed E-state index contributed by atoms with van der Waals surface area (Å²) < 4.78 is 0. The Morgan fingerprint density at radius 3 is 2.45 bits per heavy atom. The van der Waals surface area contributed by atoms with Crippen molar-refractivity contribution in [1.29, 1.82) is 0 Å². The second kappa shape index (κ2) is 6.89. The van der Waals surface area contributed by atoms with E-state index in [1.54, 1.807) is 0 Å². The van der Waals surface area contributed by atoms with Gasteiger partial charge in [-0.3, -0.25) is 4.79 Å². The van der Waals surface area contributed by atoms with Crippen LogP contribution in [0.15, 0.2) is 5.10 Å². The summed E-state index contributed by atoms with van der Waals surface area (Å²) in [7, 11) is 0. The Bertz CT molecular complexity index is 611. The number of nitrogens with one attached hydrogen (secondary N) is 3. The Morgan fingerprint density at radius 1 is 1.23 bits per heavy atom. The highest BCUT2D eigenvalue weighted by Gasteiger charge is 2.15. The van der Waals surface area contributed by atoms with Crippen LogP contribution in [0.3, 0.4) is 0 Å². The van der Waals surface area contributed by atoms with E-state index < -0.39 is 17.5 Å². The second-order valence-electron chi connectivity index (χ2n) is 5.18. The molecule has 0 saturated heterocycles. The van der Waals surface area contributed by atoms with Crippen LogP contribution >= 0.6 is 11.6 Å². The molecule has 0 unspecified atom stereocenters. The fourth-order valence-corrected chi connectivity index (χ4v) is 1.35. The number of rotatable bonds is 3. The maximum atomic E-state index is 11.8. The van der Waals surface area contributed by atoms with Crippen molar-refractivity contribution in [2.45, 2.75) is 26.3 Å². The Balaban J connectivity index is 2.58. The van der Waals surface area contributed by atoms with Crippen molar-refractivity contribution < 1.29 is 9.59 Å². The molecule has 0 aliphatic heterocycles. The molecule has 0 aromatic carbocycles. The van der Waals surface area contributed by atoms with Crippen LogP contribution in [0.2, 0.25) is 5.15 Å². The van der Waals surface area contributed by atoms with E-state index in [1.807, 2.05) is 20.8 Å². The van der Waals surface area contributed by atoms with Gasteiger partial charge in [0.05, 0.1) is 0 Å². The van der Waals surface area contributed by atoms with E-state index >= 15 is 0 Å². The van der Waals surface area contributed by atoms with Crippen molar-refractivity contribution in [3.8, 4) is 0 Å². The summed E-state index contributed by atoms with van der Waals surface area (Å²) in [5, 5.41) is 8.25. The van der Waals surface area contributed by atoms with Crippen LogP contribution in [0.25, 0.3) is 0 Å². The summed E-state index contributed by atoms with van der Waals surface area (Å²) in [6.45, 7) is 5.43. The highest BCUT2D eigenvalue weighted by atomic mass is 35.5. The molecular weight excluding hydrogens is 312 g/mol. The van der Waals surface area contributed by atoms with Crippen molar-refractivity contribution in [2.75, 3.05) is 11.5 Å². The number of urea groups is 1. The molecule has 0 aliphatic carbocycles. The van der Waals surface area contributed by atoms with Gasteiger partial charge in [0, 0.05) is 5.54 Å². The molecule has 0 fully saturated rings. The van der Waals surface area contributed by atoms with E-state index in [1.165, 1.54) is 0 Å². The molecule has 0 bridgehead atoms. The zero-order chi connectivity index (χ0) is 16.9. The summed E-state index contributed by atoms with van der Waals surface area (Å²) in [5.41, 5.74) is 12.5. The van der Waals surface area contributed by atoms with Crippen LogP contribution in [-0.4, -0.2) is 33.8 Å². The minimum absolute atomic E-state index is 0.0788. The van der Waals surface area contributed by atoms with E-state index in [4.69, 9.17) is 23.1 Å². The van der Waals surface area contributed by atoms with Crippen LogP contribution in [0, 0.1) is 0 Å². The number of nitrogens with zero attached hydrogens (tertiary/aromatic N) is 3. The van der Waals surface area contributed by atoms with E-state index in [0.29, 0.717) is 0 Å².